The predicted octanol–water partition coefficient (Wildman–Crippen LogP) is 3.52. The summed E-state index contributed by atoms with van der Waals surface area (Å²) in [4.78, 5) is 47.7. The van der Waals surface area contributed by atoms with E-state index in [1.165, 1.54) is 4.90 Å². The fourth-order valence-electron chi connectivity index (χ4n) is 6.49. The summed E-state index contributed by atoms with van der Waals surface area (Å²) >= 11 is 7.64. The number of thioether (sulfide) groups is 1. The molecular formula is C30H30ClN3O4S. The topological polar surface area (TPSA) is 81.2 Å². The van der Waals surface area contributed by atoms with Gasteiger partial charge >= 0.3 is 0 Å². The zero-order chi connectivity index (χ0) is 27.3. The number of hydrogen-bond donors (Lipinski definition) is 1. The molecule has 2 saturated heterocycles. The minimum atomic E-state index is -0.927. The summed E-state index contributed by atoms with van der Waals surface area (Å²) in [5, 5.41) is 10.5. The van der Waals surface area contributed by atoms with Gasteiger partial charge in [0.05, 0.1) is 29.2 Å². The van der Waals surface area contributed by atoms with E-state index in [1.807, 2.05) is 54.6 Å². The monoisotopic (exact) mass is 563 g/mol. The summed E-state index contributed by atoms with van der Waals surface area (Å²) < 4.78 is -0.927. The molecule has 3 amide bonds. The van der Waals surface area contributed by atoms with Crippen LogP contribution in [0.4, 0.5) is 5.69 Å². The molecule has 9 heteroatoms. The number of amides is 3. The molecular weight excluding hydrogens is 534 g/mol. The fourth-order valence-corrected chi connectivity index (χ4v) is 8.61. The minimum Gasteiger partial charge on any atom is -0.394 e. The van der Waals surface area contributed by atoms with Crippen LogP contribution in [0.5, 0.6) is 0 Å². The van der Waals surface area contributed by atoms with Crippen LogP contribution in [0.1, 0.15) is 12.5 Å². The van der Waals surface area contributed by atoms with Crippen molar-refractivity contribution >= 4 is 46.8 Å². The second kappa shape index (κ2) is 10.2. The number of nitrogens with zero attached hydrogens (tertiary/aromatic N) is 3. The zero-order valence-corrected chi connectivity index (χ0v) is 23.1. The molecule has 0 aromatic heterocycles. The molecule has 6 rings (SSSR count). The number of carbonyl (C=O) groups excluding carboxylic acids is 3. The number of aliphatic hydroxyl groups excluding tert-OH is 1. The van der Waals surface area contributed by atoms with E-state index in [9.17, 15) is 19.5 Å². The molecule has 1 N–H and O–H groups in total. The molecule has 1 spiro atoms. The first-order valence-corrected chi connectivity index (χ1v) is 14.5. The van der Waals surface area contributed by atoms with Gasteiger partial charge in [-0.2, -0.15) is 0 Å². The summed E-state index contributed by atoms with van der Waals surface area (Å²) in [6, 6.07) is 15.4. The quantitative estimate of drug-likeness (QED) is 0.563. The lowest BCUT2D eigenvalue weighted by molar-refractivity contribution is -0.144. The van der Waals surface area contributed by atoms with Crippen LogP contribution in [0.15, 0.2) is 78.9 Å². The van der Waals surface area contributed by atoms with Gasteiger partial charge in [-0.15, -0.1) is 11.8 Å². The predicted molar refractivity (Wildman–Crippen MR) is 152 cm³/mol. The number of halogens is 1. The van der Waals surface area contributed by atoms with Crippen molar-refractivity contribution in [1.82, 2.24) is 9.80 Å². The highest BCUT2D eigenvalue weighted by Gasteiger charge is 2.71. The molecule has 2 aromatic rings. The number of carbonyl (C=O) groups is 3. The van der Waals surface area contributed by atoms with Crippen molar-refractivity contribution in [1.29, 1.82) is 0 Å². The Kier molecular flexibility index (Phi) is 6.81. The van der Waals surface area contributed by atoms with E-state index in [-0.39, 0.29) is 29.6 Å². The van der Waals surface area contributed by atoms with E-state index < -0.39 is 28.7 Å². The average molecular weight is 564 g/mol. The van der Waals surface area contributed by atoms with Crippen molar-refractivity contribution in [2.45, 2.75) is 35.5 Å². The Hall–Kier alpha value is -3.07. The van der Waals surface area contributed by atoms with Crippen LogP contribution in [0.2, 0.25) is 5.02 Å². The molecule has 1 unspecified atom stereocenters. The van der Waals surface area contributed by atoms with E-state index in [2.05, 4.69) is 0 Å². The molecule has 4 heterocycles. The molecule has 2 fully saturated rings. The van der Waals surface area contributed by atoms with Crippen LogP contribution < -0.4 is 4.90 Å². The van der Waals surface area contributed by atoms with Gasteiger partial charge in [-0.05, 0) is 36.8 Å². The van der Waals surface area contributed by atoms with E-state index in [0.29, 0.717) is 30.3 Å². The summed E-state index contributed by atoms with van der Waals surface area (Å²) in [6.45, 7) is 2.72. The third-order valence-corrected chi connectivity index (χ3v) is 10.3. The van der Waals surface area contributed by atoms with Crippen LogP contribution in [0, 0.1) is 11.8 Å². The van der Waals surface area contributed by atoms with Crippen molar-refractivity contribution in [2.24, 2.45) is 11.8 Å². The van der Waals surface area contributed by atoms with Crippen LogP contribution in [0.25, 0.3) is 0 Å². The third kappa shape index (κ3) is 4.20. The Morgan fingerprint density at radius 2 is 1.74 bits per heavy atom. The van der Waals surface area contributed by atoms with Crippen LogP contribution in [-0.4, -0.2) is 74.4 Å². The Morgan fingerprint density at radius 1 is 1.00 bits per heavy atom. The second-order valence-corrected chi connectivity index (χ2v) is 12.5. The molecule has 0 bridgehead atoms. The number of fused-ring (bicyclic) bond motifs is 2. The maximum Gasteiger partial charge on any atom is 0.251 e. The molecule has 2 aromatic carbocycles. The fraction of sp³-hybridized carbons (Fsp3) is 0.367. The second-order valence-electron chi connectivity index (χ2n) is 10.6. The Bertz CT molecular complexity index is 1350. The van der Waals surface area contributed by atoms with Crippen molar-refractivity contribution in [2.75, 3.05) is 24.6 Å². The van der Waals surface area contributed by atoms with Gasteiger partial charge in [-0.3, -0.25) is 14.4 Å². The van der Waals surface area contributed by atoms with Gasteiger partial charge in [0.25, 0.3) is 5.91 Å². The van der Waals surface area contributed by atoms with Gasteiger partial charge in [-0.25, -0.2) is 0 Å². The molecule has 4 aliphatic rings. The highest BCUT2D eigenvalue weighted by Crippen LogP contribution is 2.61. The first-order valence-electron chi connectivity index (χ1n) is 13.2. The van der Waals surface area contributed by atoms with Gasteiger partial charge in [0.15, 0.2) is 0 Å². The first kappa shape index (κ1) is 26.2. The van der Waals surface area contributed by atoms with Gasteiger partial charge in [0.2, 0.25) is 11.8 Å². The maximum atomic E-state index is 14.3. The summed E-state index contributed by atoms with van der Waals surface area (Å²) in [7, 11) is 0. The van der Waals surface area contributed by atoms with Crippen molar-refractivity contribution < 1.29 is 19.5 Å². The first-order chi connectivity index (χ1) is 18.9. The number of likely N-dealkylation sites (tertiary alicyclic amines) is 1. The van der Waals surface area contributed by atoms with Gasteiger partial charge in [0.1, 0.15) is 6.04 Å². The van der Waals surface area contributed by atoms with Crippen LogP contribution >= 0.6 is 23.4 Å². The van der Waals surface area contributed by atoms with E-state index >= 15 is 0 Å². The maximum absolute atomic E-state index is 14.3. The lowest BCUT2D eigenvalue weighted by Gasteiger charge is -2.37. The standard InChI is InChI=1S/C30H30ClN3O4S/c1-19(18-35)34-26-29(38)33(22-12-10-21(31)11-13-22)16-6-14-30(26)25(28(34)37)24-23(39-30)9-5-15-32(27(24)36)17-20-7-3-2-4-8-20/h2-14,19,23-26,35H,15-18H2,1H3/t19-,23+,24-,25+,26?,30+/m1/s1. The van der Waals surface area contributed by atoms with Crippen LogP contribution in [0.3, 0.4) is 0 Å². The van der Waals surface area contributed by atoms with E-state index in [1.54, 1.807) is 52.8 Å². The van der Waals surface area contributed by atoms with Crippen LogP contribution in [-0.2, 0) is 20.9 Å². The van der Waals surface area contributed by atoms with Crippen molar-refractivity contribution in [3.05, 3.63) is 89.5 Å². The Balaban J connectivity index is 1.41. The minimum absolute atomic E-state index is 0.0755. The molecule has 6 atom stereocenters. The Morgan fingerprint density at radius 3 is 2.46 bits per heavy atom. The lowest BCUT2D eigenvalue weighted by Crippen LogP contribution is -2.56. The van der Waals surface area contributed by atoms with Gasteiger partial charge in [0, 0.05) is 35.6 Å². The highest BCUT2D eigenvalue weighted by atomic mass is 35.5. The van der Waals surface area contributed by atoms with Gasteiger partial charge in [-0.1, -0.05) is 66.2 Å². The molecule has 39 heavy (non-hydrogen) atoms. The van der Waals surface area contributed by atoms with Gasteiger partial charge < -0.3 is 19.8 Å². The smallest absolute Gasteiger partial charge is 0.251 e. The Labute approximate surface area is 237 Å². The lowest BCUT2D eigenvalue weighted by atomic mass is 9.78. The summed E-state index contributed by atoms with van der Waals surface area (Å²) in [5.41, 5.74) is 1.70. The average Bonchev–Trinajstić information content (AvgIpc) is 3.27. The molecule has 4 aliphatic heterocycles. The number of benzene rings is 2. The van der Waals surface area contributed by atoms with Crippen molar-refractivity contribution in [3.63, 3.8) is 0 Å². The summed E-state index contributed by atoms with van der Waals surface area (Å²) in [6.07, 6.45) is 7.97. The molecule has 0 aliphatic carbocycles. The third-order valence-electron chi connectivity index (χ3n) is 8.27. The number of hydrogen-bond acceptors (Lipinski definition) is 5. The zero-order valence-electron chi connectivity index (χ0n) is 21.5. The SMILES string of the molecule is C[C@H](CO)N1C(=O)[C@@H]2[C@@H]3C(=O)N(Cc4ccccc4)CC=C[C@@H]3S[C@@]23C=CCN(c2ccc(Cl)cc2)C(=O)C13. The van der Waals surface area contributed by atoms with E-state index in [0.717, 1.165) is 5.56 Å². The molecule has 202 valence electrons. The molecule has 7 nitrogen and oxygen atoms in total. The van der Waals surface area contributed by atoms with E-state index in [4.69, 9.17) is 11.6 Å². The molecule has 0 saturated carbocycles. The highest BCUT2D eigenvalue weighted by molar-refractivity contribution is 8.02. The summed E-state index contributed by atoms with van der Waals surface area (Å²) in [5.74, 6) is -1.87. The normalized spacial score (nSPS) is 30.6. The number of aliphatic hydroxyl groups is 1. The molecule has 0 radical (unpaired) electrons. The van der Waals surface area contributed by atoms with Crippen molar-refractivity contribution in [3.8, 4) is 0 Å². The number of anilines is 1. The largest absolute Gasteiger partial charge is 0.394 e. The number of rotatable bonds is 5.